The molecule has 0 aromatic heterocycles. The highest BCUT2D eigenvalue weighted by molar-refractivity contribution is 6.30. The highest BCUT2D eigenvalue weighted by Gasteiger charge is 2.39. The van der Waals surface area contributed by atoms with Gasteiger partial charge in [0.05, 0.1) is 5.54 Å². The number of hydrogen-bond acceptors (Lipinski definition) is 2. The normalized spacial score (nSPS) is 16.7. The largest absolute Gasteiger partial charge is 0.491 e. The van der Waals surface area contributed by atoms with E-state index in [0.29, 0.717) is 11.6 Å². The van der Waals surface area contributed by atoms with E-state index in [1.165, 1.54) is 0 Å². The summed E-state index contributed by atoms with van der Waals surface area (Å²) in [4.78, 5) is 0. The molecule has 15 heavy (non-hydrogen) atoms. The van der Waals surface area contributed by atoms with Gasteiger partial charge in [-0.15, -0.1) is 12.4 Å². The summed E-state index contributed by atoms with van der Waals surface area (Å²) in [6.07, 6.45) is 2.12. The van der Waals surface area contributed by atoms with E-state index in [2.05, 4.69) is 0 Å². The van der Waals surface area contributed by atoms with Crippen molar-refractivity contribution >= 4 is 24.0 Å². The predicted octanol–water partition coefficient (Wildman–Crippen LogP) is 2.94. The maximum absolute atomic E-state index is 5.92. The Morgan fingerprint density at radius 2 is 2.13 bits per heavy atom. The van der Waals surface area contributed by atoms with Crippen LogP contribution in [-0.2, 0) is 0 Å². The quantitative estimate of drug-likeness (QED) is 0.892. The number of benzene rings is 1. The van der Waals surface area contributed by atoms with Gasteiger partial charge in [0, 0.05) is 5.02 Å². The molecule has 1 aromatic rings. The third kappa shape index (κ3) is 3.26. The molecule has 1 aromatic carbocycles. The lowest BCUT2D eigenvalue weighted by molar-refractivity contribution is 0.278. The van der Waals surface area contributed by atoms with Gasteiger partial charge in [-0.3, -0.25) is 0 Å². The van der Waals surface area contributed by atoms with Crippen molar-refractivity contribution in [2.45, 2.75) is 25.3 Å². The Morgan fingerprint density at radius 3 is 2.73 bits per heavy atom. The van der Waals surface area contributed by atoms with Gasteiger partial charge in [0.2, 0.25) is 0 Å². The first kappa shape index (κ1) is 12.6. The maximum atomic E-state index is 5.92. The Labute approximate surface area is 101 Å². The molecule has 2 rings (SSSR count). The summed E-state index contributed by atoms with van der Waals surface area (Å²) < 4.78 is 5.64. The Kier molecular flexibility index (Phi) is 3.87. The molecule has 4 heteroatoms. The fourth-order valence-corrected chi connectivity index (χ4v) is 1.42. The van der Waals surface area contributed by atoms with Gasteiger partial charge in [-0.25, -0.2) is 0 Å². The zero-order valence-corrected chi connectivity index (χ0v) is 10.2. The van der Waals surface area contributed by atoms with Crippen LogP contribution in [0.2, 0.25) is 5.02 Å². The Morgan fingerprint density at radius 1 is 1.47 bits per heavy atom. The van der Waals surface area contributed by atoms with E-state index in [-0.39, 0.29) is 17.9 Å². The molecule has 1 saturated carbocycles. The second-order valence-electron chi connectivity index (χ2n) is 4.06. The van der Waals surface area contributed by atoms with Crippen LogP contribution in [0.15, 0.2) is 18.2 Å². The number of aryl methyl sites for hydroxylation is 1. The molecule has 2 nitrogen and oxygen atoms in total. The summed E-state index contributed by atoms with van der Waals surface area (Å²) in [5.41, 5.74) is 6.95. The lowest BCUT2D eigenvalue weighted by Crippen LogP contribution is -2.29. The van der Waals surface area contributed by atoms with Crippen LogP contribution in [0.25, 0.3) is 0 Å². The SMILES string of the molecule is Cc1ccc(Cl)cc1OCC1(N)CC1.Cl. The molecule has 0 atom stereocenters. The summed E-state index contributed by atoms with van der Waals surface area (Å²) in [7, 11) is 0. The Balaban J connectivity index is 0.00000112. The van der Waals surface area contributed by atoms with Gasteiger partial charge in [-0.2, -0.15) is 0 Å². The van der Waals surface area contributed by atoms with Crippen LogP contribution >= 0.6 is 24.0 Å². The van der Waals surface area contributed by atoms with Crippen molar-refractivity contribution < 1.29 is 4.74 Å². The molecule has 0 amide bonds. The summed E-state index contributed by atoms with van der Waals surface area (Å²) in [6.45, 7) is 2.59. The number of halogens is 2. The molecule has 1 aliphatic rings. The van der Waals surface area contributed by atoms with Crippen molar-refractivity contribution in [2.24, 2.45) is 5.73 Å². The molecule has 0 aliphatic heterocycles. The van der Waals surface area contributed by atoms with Crippen molar-refractivity contribution in [3.63, 3.8) is 0 Å². The van der Waals surface area contributed by atoms with Crippen LogP contribution in [0.1, 0.15) is 18.4 Å². The van der Waals surface area contributed by atoms with E-state index in [1.807, 2.05) is 25.1 Å². The second kappa shape index (κ2) is 4.60. The molecule has 0 saturated heterocycles. The standard InChI is InChI=1S/C11H14ClNO.ClH/c1-8-2-3-9(12)6-10(8)14-7-11(13)4-5-11;/h2-3,6H,4-5,7,13H2,1H3;1H. The van der Waals surface area contributed by atoms with Crippen LogP contribution < -0.4 is 10.5 Å². The van der Waals surface area contributed by atoms with Crippen molar-refractivity contribution in [2.75, 3.05) is 6.61 Å². The van der Waals surface area contributed by atoms with E-state index in [0.717, 1.165) is 24.2 Å². The van der Waals surface area contributed by atoms with Crippen molar-refractivity contribution in [1.82, 2.24) is 0 Å². The molecule has 0 bridgehead atoms. The minimum atomic E-state index is -0.0746. The van der Waals surface area contributed by atoms with Crippen molar-refractivity contribution in [3.05, 3.63) is 28.8 Å². The minimum Gasteiger partial charge on any atom is -0.491 e. The summed E-state index contributed by atoms with van der Waals surface area (Å²) in [6, 6.07) is 5.65. The van der Waals surface area contributed by atoms with Crippen molar-refractivity contribution in [1.29, 1.82) is 0 Å². The minimum absolute atomic E-state index is 0. The number of nitrogens with two attached hydrogens (primary N) is 1. The molecule has 0 unspecified atom stereocenters. The Bertz CT molecular complexity index is 350. The van der Waals surface area contributed by atoms with Crippen molar-refractivity contribution in [3.8, 4) is 5.75 Å². The number of hydrogen-bond donors (Lipinski definition) is 1. The van der Waals surface area contributed by atoms with Gasteiger partial charge in [0.25, 0.3) is 0 Å². The first-order chi connectivity index (χ1) is 6.59. The Hall–Kier alpha value is -0.440. The third-order valence-corrected chi connectivity index (χ3v) is 2.79. The fraction of sp³-hybridized carbons (Fsp3) is 0.455. The third-order valence-electron chi connectivity index (χ3n) is 2.56. The van der Waals surface area contributed by atoms with E-state index in [1.54, 1.807) is 0 Å². The van der Waals surface area contributed by atoms with Gasteiger partial charge < -0.3 is 10.5 Å². The van der Waals surface area contributed by atoms with Gasteiger partial charge >= 0.3 is 0 Å². The predicted molar refractivity (Wildman–Crippen MR) is 65.1 cm³/mol. The van der Waals surface area contributed by atoms with E-state index >= 15 is 0 Å². The van der Waals surface area contributed by atoms with Crippen LogP contribution in [-0.4, -0.2) is 12.1 Å². The average Bonchev–Trinajstić information content (AvgIpc) is 2.87. The smallest absolute Gasteiger partial charge is 0.123 e. The molecule has 0 spiro atoms. The molecular weight excluding hydrogens is 233 g/mol. The highest BCUT2D eigenvalue weighted by Crippen LogP contribution is 2.33. The van der Waals surface area contributed by atoms with Gasteiger partial charge in [-0.05, 0) is 37.5 Å². The zero-order chi connectivity index (χ0) is 10.2. The second-order valence-corrected chi connectivity index (χ2v) is 4.50. The molecular formula is C11H15Cl2NO. The molecule has 1 fully saturated rings. The van der Waals surface area contributed by atoms with Gasteiger partial charge in [0.15, 0.2) is 0 Å². The lowest BCUT2D eigenvalue weighted by Gasteiger charge is -2.13. The van der Waals surface area contributed by atoms with Crippen LogP contribution in [0.3, 0.4) is 0 Å². The maximum Gasteiger partial charge on any atom is 0.123 e. The van der Waals surface area contributed by atoms with Gasteiger partial charge in [0.1, 0.15) is 12.4 Å². The van der Waals surface area contributed by atoms with Gasteiger partial charge in [-0.1, -0.05) is 17.7 Å². The number of rotatable bonds is 3. The highest BCUT2D eigenvalue weighted by atomic mass is 35.5. The van der Waals surface area contributed by atoms with Crippen LogP contribution in [0, 0.1) is 6.92 Å². The monoisotopic (exact) mass is 247 g/mol. The molecule has 1 aliphatic carbocycles. The van der Waals surface area contributed by atoms with E-state index in [4.69, 9.17) is 22.1 Å². The topological polar surface area (TPSA) is 35.2 Å². The average molecular weight is 248 g/mol. The van der Waals surface area contributed by atoms with E-state index < -0.39 is 0 Å². The molecule has 2 N–H and O–H groups in total. The molecule has 0 heterocycles. The first-order valence-electron chi connectivity index (χ1n) is 4.77. The van der Waals surface area contributed by atoms with Crippen LogP contribution in [0.4, 0.5) is 0 Å². The lowest BCUT2D eigenvalue weighted by atomic mass is 10.2. The fourth-order valence-electron chi connectivity index (χ4n) is 1.26. The van der Waals surface area contributed by atoms with Crippen LogP contribution in [0.5, 0.6) is 5.75 Å². The summed E-state index contributed by atoms with van der Waals surface area (Å²) >= 11 is 5.87. The summed E-state index contributed by atoms with van der Waals surface area (Å²) in [5.74, 6) is 0.842. The zero-order valence-electron chi connectivity index (χ0n) is 8.63. The molecule has 0 radical (unpaired) electrons. The number of ether oxygens (including phenoxy) is 1. The molecule has 84 valence electrons. The first-order valence-corrected chi connectivity index (χ1v) is 5.15. The summed E-state index contributed by atoms with van der Waals surface area (Å²) in [5, 5.41) is 0.701. The van der Waals surface area contributed by atoms with E-state index in [9.17, 15) is 0 Å².